The number of amides is 1. The zero-order valence-electron chi connectivity index (χ0n) is 16.1. The van der Waals surface area contributed by atoms with Crippen LogP contribution in [0.4, 0.5) is 17.1 Å². The Morgan fingerprint density at radius 2 is 1.76 bits per heavy atom. The fourth-order valence-electron chi connectivity index (χ4n) is 3.93. The molecular weight excluding hydrogens is 368 g/mol. The summed E-state index contributed by atoms with van der Waals surface area (Å²) in [6.07, 6.45) is 8.10. The summed E-state index contributed by atoms with van der Waals surface area (Å²) in [4.78, 5) is 22.9. The lowest BCUT2D eigenvalue weighted by Gasteiger charge is -2.23. The SMILES string of the molecule is O=C(Cn1ccc2cc([N+](=O)[O-])ccc21)Nc1ccc(NC2CCCCC2)cc1. The molecule has 1 heterocycles. The van der Waals surface area contributed by atoms with Crippen molar-refractivity contribution in [3.63, 3.8) is 0 Å². The van der Waals surface area contributed by atoms with E-state index in [0.717, 1.165) is 22.3 Å². The minimum absolute atomic E-state index is 0.0432. The summed E-state index contributed by atoms with van der Waals surface area (Å²) in [6, 6.07) is 14.8. The van der Waals surface area contributed by atoms with Crippen LogP contribution in [0.3, 0.4) is 0 Å². The van der Waals surface area contributed by atoms with Crippen LogP contribution in [-0.4, -0.2) is 21.4 Å². The maximum absolute atomic E-state index is 12.4. The number of nitro benzene ring substituents is 1. The van der Waals surface area contributed by atoms with Gasteiger partial charge >= 0.3 is 0 Å². The Bertz CT molecular complexity index is 1020. The van der Waals surface area contributed by atoms with E-state index < -0.39 is 4.92 Å². The van der Waals surface area contributed by atoms with Crippen molar-refractivity contribution in [2.45, 2.75) is 44.7 Å². The number of carbonyl (C=O) groups is 1. The van der Waals surface area contributed by atoms with Crippen molar-refractivity contribution in [1.82, 2.24) is 4.57 Å². The lowest BCUT2D eigenvalue weighted by atomic mass is 9.95. The van der Waals surface area contributed by atoms with Gasteiger partial charge in [0.2, 0.25) is 5.91 Å². The van der Waals surface area contributed by atoms with Gasteiger partial charge in [0.25, 0.3) is 5.69 Å². The molecule has 4 rings (SSSR count). The topological polar surface area (TPSA) is 89.2 Å². The highest BCUT2D eigenvalue weighted by molar-refractivity contribution is 5.92. The molecule has 0 spiro atoms. The van der Waals surface area contributed by atoms with Gasteiger partial charge in [0.1, 0.15) is 6.54 Å². The lowest BCUT2D eigenvalue weighted by Crippen LogP contribution is -2.22. The number of benzene rings is 2. The van der Waals surface area contributed by atoms with Gasteiger partial charge in [-0.15, -0.1) is 0 Å². The molecule has 0 aliphatic heterocycles. The van der Waals surface area contributed by atoms with Crippen LogP contribution in [-0.2, 0) is 11.3 Å². The number of nitrogens with one attached hydrogen (secondary N) is 2. The van der Waals surface area contributed by atoms with Gasteiger partial charge in [0, 0.05) is 46.6 Å². The number of carbonyl (C=O) groups excluding carboxylic acids is 1. The first-order valence-corrected chi connectivity index (χ1v) is 9.98. The molecule has 7 heteroatoms. The average molecular weight is 392 g/mol. The first kappa shape index (κ1) is 19.0. The molecule has 1 amide bonds. The van der Waals surface area contributed by atoms with Crippen LogP contribution >= 0.6 is 0 Å². The summed E-state index contributed by atoms with van der Waals surface area (Å²) in [7, 11) is 0. The van der Waals surface area contributed by atoms with E-state index in [0.29, 0.717) is 6.04 Å². The van der Waals surface area contributed by atoms with Crippen molar-refractivity contribution in [2.24, 2.45) is 0 Å². The summed E-state index contributed by atoms with van der Waals surface area (Å²) >= 11 is 0. The van der Waals surface area contributed by atoms with Crippen molar-refractivity contribution in [2.75, 3.05) is 10.6 Å². The molecule has 2 aromatic carbocycles. The number of nitro groups is 1. The van der Waals surface area contributed by atoms with Crippen LogP contribution in [0.15, 0.2) is 54.7 Å². The second kappa shape index (κ2) is 8.34. The van der Waals surface area contributed by atoms with E-state index in [4.69, 9.17) is 0 Å². The van der Waals surface area contributed by atoms with Gasteiger partial charge in [-0.3, -0.25) is 14.9 Å². The van der Waals surface area contributed by atoms with Gasteiger partial charge < -0.3 is 15.2 Å². The standard InChI is InChI=1S/C22H24N4O3/c27-22(15-25-13-12-16-14-20(26(28)29)10-11-21(16)25)24-19-8-6-18(7-9-19)23-17-4-2-1-3-5-17/h6-14,17,23H,1-5,15H2,(H,24,27). The summed E-state index contributed by atoms with van der Waals surface area (Å²) in [6.45, 7) is 0.142. The molecule has 0 atom stereocenters. The Labute approximate surface area is 168 Å². The van der Waals surface area contributed by atoms with Crippen molar-refractivity contribution in [3.8, 4) is 0 Å². The molecule has 3 aromatic rings. The Hall–Kier alpha value is -3.35. The maximum atomic E-state index is 12.4. The Morgan fingerprint density at radius 3 is 2.48 bits per heavy atom. The third kappa shape index (κ3) is 4.56. The first-order chi connectivity index (χ1) is 14.1. The molecule has 1 fully saturated rings. The number of rotatable bonds is 6. The molecule has 1 aliphatic rings. The zero-order chi connectivity index (χ0) is 20.2. The maximum Gasteiger partial charge on any atom is 0.270 e. The van der Waals surface area contributed by atoms with Crippen molar-refractivity contribution in [3.05, 3.63) is 64.8 Å². The number of fused-ring (bicyclic) bond motifs is 1. The Morgan fingerprint density at radius 1 is 1.03 bits per heavy atom. The number of nitrogens with zero attached hydrogens (tertiary/aromatic N) is 2. The molecule has 1 aliphatic carbocycles. The largest absolute Gasteiger partial charge is 0.382 e. The molecule has 150 valence electrons. The highest BCUT2D eigenvalue weighted by Crippen LogP contribution is 2.24. The van der Waals surface area contributed by atoms with Crippen LogP contribution in [0.25, 0.3) is 10.9 Å². The number of aromatic nitrogens is 1. The van der Waals surface area contributed by atoms with E-state index in [9.17, 15) is 14.9 Å². The van der Waals surface area contributed by atoms with Crippen molar-refractivity contribution >= 4 is 33.9 Å². The van der Waals surface area contributed by atoms with Gasteiger partial charge in [-0.1, -0.05) is 19.3 Å². The van der Waals surface area contributed by atoms with Gasteiger partial charge in [0.05, 0.1) is 4.92 Å². The molecule has 0 radical (unpaired) electrons. The number of hydrogen-bond donors (Lipinski definition) is 2. The highest BCUT2D eigenvalue weighted by atomic mass is 16.6. The van der Waals surface area contributed by atoms with Crippen LogP contribution in [0.1, 0.15) is 32.1 Å². The van der Waals surface area contributed by atoms with E-state index >= 15 is 0 Å². The lowest BCUT2D eigenvalue weighted by molar-refractivity contribution is -0.384. The summed E-state index contributed by atoms with van der Waals surface area (Å²) in [5.74, 6) is -0.145. The van der Waals surface area contributed by atoms with Gasteiger partial charge in [-0.05, 0) is 49.2 Å². The molecule has 0 unspecified atom stereocenters. The molecule has 7 nitrogen and oxygen atoms in total. The fraction of sp³-hybridized carbons (Fsp3) is 0.318. The number of anilines is 2. The van der Waals surface area contributed by atoms with Crippen LogP contribution in [0, 0.1) is 10.1 Å². The van der Waals surface area contributed by atoms with Gasteiger partial charge in [-0.25, -0.2) is 0 Å². The van der Waals surface area contributed by atoms with Crippen LogP contribution < -0.4 is 10.6 Å². The predicted octanol–water partition coefficient (Wildman–Crippen LogP) is 4.93. The first-order valence-electron chi connectivity index (χ1n) is 9.98. The minimum atomic E-state index is -0.420. The summed E-state index contributed by atoms with van der Waals surface area (Å²) in [5.41, 5.74) is 2.66. The molecule has 0 saturated heterocycles. The van der Waals surface area contributed by atoms with E-state index in [1.54, 1.807) is 22.9 Å². The molecular formula is C22H24N4O3. The van der Waals surface area contributed by atoms with Crippen molar-refractivity contribution < 1.29 is 9.72 Å². The van der Waals surface area contributed by atoms with E-state index in [-0.39, 0.29) is 18.1 Å². The fourth-order valence-corrected chi connectivity index (χ4v) is 3.93. The highest BCUT2D eigenvalue weighted by Gasteiger charge is 2.13. The second-order valence-electron chi connectivity index (χ2n) is 7.55. The Kier molecular flexibility index (Phi) is 5.46. The monoisotopic (exact) mass is 392 g/mol. The number of hydrogen-bond acceptors (Lipinski definition) is 4. The molecule has 2 N–H and O–H groups in total. The van der Waals surface area contributed by atoms with Gasteiger partial charge in [-0.2, -0.15) is 0 Å². The molecule has 1 saturated carbocycles. The molecule has 0 bridgehead atoms. The quantitative estimate of drug-likeness (QED) is 0.460. The second-order valence-corrected chi connectivity index (χ2v) is 7.55. The van der Waals surface area contributed by atoms with Gasteiger partial charge in [0.15, 0.2) is 0 Å². The predicted molar refractivity (Wildman–Crippen MR) is 114 cm³/mol. The van der Waals surface area contributed by atoms with Crippen LogP contribution in [0.5, 0.6) is 0 Å². The van der Waals surface area contributed by atoms with E-state index in [1.165, 1.54) is 44.2 Å². The minimum Gasteiger partial charge on any atom is -0.382 e. The van der Waals surface area contributed by atoms with Crippen LogP contribution in [0.2, 0.25) is 0 Å². The third-order valence-electron chi connectivity index (χ3n) is 5.42. The van der Waals surface area contributed by atoms with E-state index in [2.05, 4.69) is 10.6 Å². The molecule has 1 aromatic heterocycles. The van der Waals surface area contributed by atoms with E-state index in [1.807, 2.05) is 24.3 Å². The average Bonchev–Trinajstić information content (AvgIpc) is 3.12. The smallest absolute Gasteiger partial charge is 0.270 e. The third-order valence-corrected chi connectivity index (χ3v) is 5.42. The van der Waals surface area contributed by atoms with Crippen molar-refractivity contribution in [1.29, 1.82) is 0 Å². The zero-order valence-corrected chi connectivity index (χ0v) is 16.1. The summed E-state index contributed by atoms with van der Waals surface area (Å²) < 4.78 is 1.79. The summed E-state index contributed by atoms with van der Waals surface area (Å²) in [5, 5.41) is 18.1. The molecule has 29 heavy (non-hydrogen) atoms. The normalized spacial score (nSPS) is 14.6. The Balaban J connectivity index is 1.37. The number of non-ortho nitro benzene ring substituents is 1.